The number of nitrogens with zero attached hydrogens (tertiary/aromatic N) is 2. The van der Waals surface area contributed by atoms with Gasteiger partial charge in [0.15, 0.2) is 6.61 Å². The van der Waals surface area contributed by atoms with Gasteiger partial charge in [0.25, 0.3) is 15.9 Å². The Kier molecular flexibility index (Phi) is 3.28. The molecule has 2 aliphatic heterocycles. The van der Waals surface area contributed by atoms with Gasteiger partial charge in [0.05, 0.1) is 16.3 Å². The van der Waals surface area contributed by atoms with Crippen molar-refractivity contribution < 1.29 is 17.9 Å². The highest BCUT2D eigenvalue weighted by atomic mass is 32.2. The molecule has 0 bridgehead atoms. The smallest absolute Gasteiger partial charge is 0.264 e. The minimum Gasteiger partial charge on any atom is -0.482 e. The number of sulfonamides is 1. The molecule has 0 spiro atoms. The zero-order valence-electron chi connectivity index (χ0n) is 13.1. The summed E-state index contributed by atoms with van der Waals surface area (Å²) in [6.45, 7) is 0.388. The molecule has 2 aromatic rings. The van der Waals surface area contributed by atoms with Gasteiger partial charge in [-0.05, 0) is 36.2 Å². The molecule has 0 aliphatic carbocycles. The van der Waals surface area contributed by atoms with E-state index in [0.29, 0.717) is 24.4 Å². The van der Waals surface area contributed by atoms with Crippen LogP contribution < -0.4 is 13.9 Å². The number of para-hydroxylation sites is 1. The predicted molar refractivity (Wildman–Crippen MR) is 90.0 cm³/mol. The number of hydrogen-bond donors (Lipinski definition) is 0. The maximum absolute atomic E-state index is 13.1. The molecule has 6 nitrogen and oxygen atoms in total. The highest BCUT2D eigenvalue weighted by molar-refractivity contribution is 7.92. The van der Waals surface area contributed by atoms with E-state index in [4.69, 9.17) is 4.74 Å². The van der Waals surface area contributed by atoms with Crippen LogP contribution in [0.4, 0.5) is 11.4 Å². The first-order valence-electron chi connectivity index (χ1n) is 7.62. The van der Waals surface area contributed by atoms with Gasteiger partial charge in [0, 0.05) is 13.6 Å². The van der Waals surface area contributed by atoms with E-state index in [9.17, 15) is 13.2 Å². The lowest BCUT2D eigenvalue weighted by Gasteiger charge is -2.27. The molecule has 4 rings (SSSR count). The molecule has 0 aromatic heterocycles. The Morgan fingerprint density at radius 1 is 1.08 bits per heavy atom. The zero-order chi connectivity index (χ0) is 16.9. The van der Waals surface area contributed by atoms with Crippen molar-refractivity contribution in [1.29, 1.82) is 0 Å². The largest absolute Gasteiger partial charge is 0.482 e. The maximum atomic E-state index is 13.1. The Morgan fingerprint density at radius 2 is 1.88 bits per heavy atom. The fraction of sp³-hybridized carbons (Fsp3) is 0.235. The van der Waals surface area contributed by atoms with Crippen LogP contribution in [-0.4, -0.2) is 34.5 Å². The third kappa shape index (κ3) is 2.16. The lowest BCUT2D eigenvalue weighted by Crippen LogP contribution is -2.36. The predicted octanol–water partition coefficient (Wildman–Crippen LogP) is 1.79. The second kappa shape index (κ2) is 5.24. The van der Waals surface area contributed by atoms with Gasteiger partial charge in [-0.25, -0.2) is 8.42 Å². The van der Waals surface area contributed by atoms with E-state index in [-0.39, 0.29) is 17.4 Å². The maximum Gasteiger partial charge on any atom is 0.264 e. The SMILES string of the molecule is CN1C(=O)COc2ccc(S(=O)(=O)N3CCc4ccccc43)cc21. The monoisotopic (exact) mass is 344 g/mol. The average Bonchev–Trinajstić information content (AvgIpc) is 3.03. The standard InChI is InChI=1S/C17H16N2O4S/c1-18-15-10-13(6-7-16(15)23-11-17(18)20)24(21,22)19-9-8-12-4-2-3-5-14(12)19/h2-7,10H,8-9,11H2,1H3. The number of rotatable bonds is 2. The van der Waals surface area contributed by atoms with Crippen LogP contribution in [0, 0.1) is 0 Å². The number of hydrogen-bond acceptors (Lipinski definition) is 4. The summed E-state index contributed by atoms with van der Waals surface area (Å²) >= 11 is 0. The van der Waals surface area contributed by atoms with Gasteiger partial charge in [-0.3, -0.25) is 9.10 Å². The summed E-state index contributed by atoms with van der Waals surface area (Å²) in [5.74, 6) is 0.307. The normalized spacial score (nSPS) is 16.6. The number of amides is 1. The Balaban J connectivity index is 1.78. The number of carbonyl (C=O) groups is 1. The Bertz CT molecular complexity index is 939. The third-order valence-electron chi connectivity index (χ3n) is 4.45. The van der Waals surface area contributed by atoms with Gasteiger partial charge >= 0.3 is 0 Å². The van der Waals surface area contributed by atoms with E-state index in [1.807, 2.05) is 24.3 Å². The highest BCUT2D eigenvalue weighted by Crippen LogP contribution is 2.37. The number of ether oxygens (including phenoxy) is 1. The van der Waals surface area contributed by atoms with Crippen molar-refractivity contribution in [2.45, 2.75) is 11.3 Å². The van der Waals surface area contributed by atoms with Crippen molar-refractivity contribution in [2.24, 2.45) is 0 Å². The molecule has 2 aromatic carbocycles. The summed E-state index contributed by atoms with van der Waals surface area (Å²) in [5.41, 5.74) is 2.21. The number of anilines is 2. The van der Waals surface area contributed by atoms with Gasteiger partial charge in [-0.15, -0.1) is 0 Å². The van der Waals surface area contributed by atoms with Crippen molar-refractivity contribution in [2.75, 3.05) is 29.4 Å². The Hall–Kier alpha value is -2.54. The van der Waals surface area contributed by atoms with Crippen LogP contribution in [0.25, 0.3) is 0 Å². The van der Waals surface area contributed by atoms with E-state index in [1.54, 1.807) is 13.1 Å². The quantitative estimate of drug-likeness (QED) is 0.833. The molecule has 0 fully saturated rings. The van der Waals surface area contributed by atoms with E-state index < -0.39 is 10.0 Å². The molecule has 0 saturated heterocycles. The van der Waals surface area contributed by atoms with Crippen molar-refractivity contribution in [3.63, 3.8) is 0 Å². The van der Waals surface area contributed by atoms with Crippen LogP contribution in [0.1, 0.15) is 5.56 Å². The molecule has 0 saturated carbocycles. The highest BCUT2D eigenvalue weighted by Gasteiger charge is 2.32. The van der Waals surface area contributed by atoms with Gasteiger partial charge < -0.3 is 9.64 Å². The van der Waals surface area contributed by atoms with Gasteiger partial charge in [-0.1, -0.05) is 18.2 Å². The molecule has 2 aliphatic rings. The first kappa shape index (κ1) is 15.0. The second-order valence-corrected chi connectivity index (χ2v) is 7.69. The lowest BCUT2D eigenvalue weighted by atomic mass is 10.2. The molecule has 1 amide bonds. The molecule has 24 heavy (non-hydrogen) atoms. The van der Waals surface area contributed by atoms with Gasteiger partial charge in [0.2, 0.25) is 0 Å². The molecule has 2 heterocycles. The number of benzene rings is 2. The number of likely N-dealkylation sites (N-methyl/N-ethyl adjacent to an activating group) is 1. The van der Waals surface area contributed by atoms with E-state index in [0.717, 1.165) is 11.3 Å². The van der Waals surface area contributed by atoms with Gasteiger partial charge in [-0.2, -0.15) is 0 Å². The fourth-order valence-corrected chi connectivity index (χ4v) is 4.62. The van der Waals surface area contributed by atoms with Crippen LogP contribution in [0.3, 0.4) is 0 Å². The minimum absolute atomic E-state index is 0.0326. The molecular weight excluding hydrogens is 328 g/mol. The molecular formula is C17H16N2O4S. The summed E-state index contributed by atoms with van der Waals surface area (Å²) in [6, 6.07) is 12.1. The topological polar surface area (TPSA) is 66.9 Å². The summed E-state index contributed by atoms with van der Waals surface area (Å²) in [7, 11) is -2.07. The Morgan fingerprint density at radius 3 is 2.71 bits per heavy atom. The van der Waals surface area contributed by atoms with Crippen molar-refractivity contribution in [3.05, 3.63) is 48.0 Å². The number of carbonyl (C=O) groups excluding carboxylic acids is 1. The van der Waals surface area contributed by atoms with Crippen LogP contribution in [0.15, 0.2) is 47.4 Å². The molecule has 0 atom stereocenters. The average molecular weight is 344 g/mol. The lowest BCUT2D eigenvalue weighted by molar-refractivity contribution is -0.120. The summed E-state index contributed by atoms with van der Waals surface area (Å²) in [6.07, 6.45) is 0.696. The summed E-state index contributed by atoms with van der Waals surface area (Å²) < 4.78 is 32.9. The molecule has 0 N–H and O–H groups in total. The van der Waals surface area contributed by atoms with E-state index >= 15 is 0 Å². The van der Waals surface area contributed by atoms with Crippen LogP contribution in [0.2, 0.25) is 0 Å². The molecule has 0 radical (unpaired) electrons. The second-order valence-electron chi connectivity index (χ2n) is 5.83. The van der Waals surface area contributed by atoms with Crippen molar-refractivity contribution in [3.8, 4) is 5.75 Å². The van der Waals surface area contributed by atoms with Crippen LogP contribution >= 0.6 is 0 Å². The van der Waals surface area contributed by atoms with Crippen LogP contribution in [0.5, 0.6) is 5.75 Å². The van der Waals surface area contributed by atoms with Crippen LogP contribution in [-0.2, 0) is 21.2 Å². The van der Waals surface area contributed by atoms with E-state index in [1.165, 1.54) is 21.3 Å². The Labute approximate surface area is 140 Å². The number of fused-ring (bicyclic) bond motifs is 2. The van der Waals surface area contributed by atoms with Gasteiger partial charge in [0.1, 0.15) is 5.75 Å². The van der Waals surface area contributed by atoms with Crippen molar-refractivity contribution >= 4 is 27.3 Å². The minimum atomic E-state index is -3.69. The van der Waals surface area contributed by atoms with E-state index in [2.05, 4.69) is 0 Å². The third-order valence-corrected chi connectivity index (χ3v) is 6.26. The fourth-order valence-electron chi connectivity index (χ4n) is 3.10. The first-order chi connectivity index (χ1) is 11.5. The molecule has 0 unspecified atom stereocenters. The summed E-state index contributed by atoms with van der Waals surface area (Å²) in [4.78, 5) is 13.4. The van der Waals surface area contributed by atoms with Crippen molar-refractivity contribution in [1.82, 2.24) is 0 Å². The molecule has 124 valence electrons. The summed E-state index contributed by atoms with van der Waals surface area (Å²) in [5, 5.41) is 0. The first-order valence-corrected chi connectivity index (χ1v) is 9.06. The molecule has 7 heteroatoms. The zero-order valence-corrected chi connectivity index (χ0v) is 13.9.